The summed E-state index contributed by atoms with van der Waals surface area (Å²) in [5.74, 6) is 0.897. The highest BCUT2D eigenvalue weighted by atomic mass is 28.3. The van der Waals surface area contributed by atoms with Crippen LogP contribution in [-0.4, -0.2) is 36.2 Å². The average molecular weight is 282 g/mol. The Morgan fingerprint density at radius 1 is 1.16 bits per heavy atom. The molecule has 0 aliphatic rings. The third kappa shape index (κ3) is 6.61. The van der Waals surface area contributed by atoms with E-state index in [2.05, 4.69) is 5.32 Å². The van der Waals surface area contributed by atoms with Crippen LogP contribution < -0.4 is 10.1 Å². The van der Waals surface area contributed by atoms with Gasteiger partial charge in [-0.15, -0.1) is 0 Å². The Morgan fingerprint density at radius 2 is 1.89 bits per heavy atom. The molecular formula is C14H24NO3Si. The van der Waals surface area contributed by atoms with E-state index in [0.29, 0.717) is 6.61 Å². The van der Waals surface area contributed by atoms with Gasteiger partial charge in [-0.1, -0.05) is 6.07 Å². The lowest BCUT2D eigenvalue weighted by molar-refractivity contribution is 0.209. The number of nitrogens with one attached hydrogen (secondary N) is 1. The summed E-state index contributed by atoms with van der Waals surface area (Å²) in [5, 5.41) is 3.09. The van der Waals surface area contributed by atoms with Crippen LogP contribution in [-0.2, 0) is 8.85 Å². The Hall–Kier alpha value is -1.04. The topological polar surface area (TPSA) is 39.7 Å². The third-order valence-corrected chi connectivity index (χ3v) is 4.51. The zero-order valence-electron chi connectivity index (χ0n) is 12.1. The second-order valence-corrected chi connectivity index (χ2v) is 5.79. The summed E-state index contributed by atoms with van der Waals surface area (Å²) >= 11 is 0. The molecule has 4 nitrogen and oxygen atoms in total. The molecule has 0 atom stereocenters. The summed E-state index contributed by atoms with van der Waals surface area (Å²) < 4.78 is 16.9. The summed E-state index contributed by atoms with van der Waals surface area (Å²) in [5.41, 5.74) is 1.06. The van der Waals surface area contributed by atoms with Gasteiger partial charge in [0.1, 0.15) is 5.75 Å². The molecular weight excluding hydrogens is 258 g/mol. The van der Waals surface area contributed by atoms with Crippen LogP contribution in [0.15, 0.2) is 24.3 Å². The molecule has 0 amide bonds. The van der Waals surface area contributed by atoms with Gasteiger partial charge in [0.05, 0.1) is 6.61 Å². The number of benzene rings is 1. The molecule has 107 valence electrons. The van der Waals surface area contributed by atoms with Crippen molar-refractivity contribution in [2.45, 2.75) is 26.3 Å². The molecule has 0 unspecified atom stereocenters. The summed E-state index contributed by atoms with van der Waals surface area (Å²) in [6, 6.07) is 8.92. The van der Waals surface area contributed by atoms with Gasteiger partial charge in [-0.2, -0.15) is 0 Å². The van der Waals surface area contributed by atoms with E-state index >= 15 is 0 Å². The molecule has 19 heavy (non-hydrogen) atoms. The lowest BCUT2D eigenvalue weighted by atomic mass is 10.3. The number of anilines is 1. The van der Waals surface area contributed by atoms with Gasteiger partial charge in [0.2, 0.25) is 0 Å². The van der Waals surface area contributed by atoms with Gasteiger partial charge in [0, 0.05) is 32.0 Å². The standard InChI is InChI=1S/C14H24NO3Si/c1-4-17-19(18-5-2)11-7-10-16-14-9-6-8-13(12-14)15-3/h6,8-9,12,15H,4-5,7,10-11H2,1-3H3. The highest BCUT2D eigenvalue weighted by Gasteiger charge is 2.13. The zero-order chi connectivity index (χ0) is 13.9. The zero-order valence-corrected chi connectivity index (χ0v) is 13.1. The molecule has 1 N–H and O–H groups in total. The van der Waals surface area contributed by atoms with Gasteiger partial charge < -0.3 is 18.9 Å². The van der Waals surface area contributed by atoms with Crippen molar-refractivity contribution in [2.75, 3.05) is 32.2 Å². The highest BCUT2D eigenvalue weighted by Crippen LogP contribution is 2.17. The molecule has 1 aromatic carbocycles. The van der Waals surface area contributed by atoms with E-state index in [4.69, 9.17) is 13.6 Å². The summed E-state index contributed by atoms with van der Waals surface area (Å²) in [7, 11) is 0.795. The quantitative estimate of drug-likeness (QED) is 0.529. The van der Waals surface area contributed by atoms with Crippen molar-refractivity contribution in [1.29, 1.82) is 0 Å². The molecule has 1 radical (unpaired) electrons. The fraction of sp³-hybridized carbons (Fsp3) is 0.571. The number of rotatable bonds is 10. The molecule has 1 aromatic rings. The van der Waals surface area contributed by atoms with Gasteiger partial charge in [0.15, 0.2) is 0 Å². The van der Waals surface area contributed by atoms with Crippen LogP contribution in [0.1, 0.15) is 20.3 Å². The normalized spacial score (nSPS) is 10.7. The largest absolute Gasteiger partial charge is 0.494 e. The molecule has 0 saturated heterocycles. The maximum Gasteiger partial charge on any atom is 0.384 e. The van der Waals surface area contributed by atoms with Gasteiger partial charge in [-0.25, -0.2) is 0 Å². The van der Waals surface area contributed by atoms with E-state index in [9.17, 15) is 0 Å². The first-order valence-electron chi connectivity index (χ1n) is 6.82. The van der Waals surface area contributed by atoms with Crippen molar-refractivity contribution in [1.82, 2.24) is 0 Å². The van der Waals surface area contributed by atoms with E-state index in [1.165, 1.54) is 0 Å². The first kappa shape index (κ1) is 16.0. The Balaban J connectivity index is 2.25. The van der Waals surface area contributed by atoms with E-state index in [1.54, 1.807) is 0 Å². The molecule has 0 spiro atoms. The minimum absolute atomic E-state index is 0.696. The Kier molecular flexibility index (Phi) is 8.29. The fourth-order valence-corrected chi connectivity index (χ4v) is 3.10. The van der Waals surface area contributed by atoms with Crippen LogP contribution in [0.25, 0.3) is 0 Å². The minimum atomic E-state index is -1.11. The summed E-state index contributed by atoms with van der Waals surface area (Å²) in [4.78, 5) is 0. The summed E-state index contributed by atoms with van der Waals surface area (Å²) in [6.07, 6.45) is 0.956. The first-order chi connectivity index (χ1) is 9.30. The van der Waals surface area contributed by atoms with E-state index in [0.717, 1.165) is 37.1 Å². The Morgan fingerprint density at radius 3 is 2.53 bits per heavy atom. The molecule has 0 fully saturated rings. The lowest BCUT2D eigenvalue weighted by Crippen LogP contribution is -2.23. The molecule has 1 rings (SSSR count). The minimum Gasteiger partial charge on any atom is -0.494 e. The van der Waals surface area contributed by atoms with E-state index < -0.39 is 9.28 Å². The lowest BCUT2D eigenvalue weighted by Gasteiger charge is -2.13. The molecule has 0 saturated carbocycles. The van der Waals surface area contributed by atoms with Gasteiger partial charge in [0.25, 0.3) is 0 Å². The molecule has 0 bridgehead atoms. The third-order valence-electron chi connectivity index (χ3n) is 2.53. The van der Waals surface area contributed by atoms with E-state index in [1.807, 2.05) is 45.2 Å². The van der Waals surface area contributed by atoms with Gasteiger partial charge >= 0.3 is 9.28 Å². The summed E-state index contributed by atoms with van der Waals surface area (Å²) in [6.45, 7) is 6.15. The average Bonchev–Trinajstić information content (AvgIpc) is 2.44. The van der Waals surface area contributed by atoms with Crippen molar-refractivity contribution in [2.24, 2.45) is 0 Å². The highest BCUT2D eigenvalue weighted by molar-refractivity contribution is 6.44. The monoisotopic (exact) mass is 282 g/mol. The number of hydrogen-bond acceptors (Lipinski definition) is 4. The van der Waals surface area contributed by atoms with Crippen molar-refractivity contribution in [3.63, 3.8) is 0 Å². The van der Waals surface area contributed by atoms with Crippen molar-refractivity contribution >= 4 is 15.0 Å². The molecule has 0 aliphatic heterocycles. The molecule has 0 aliphatic carbocycles. The van der Waals surface area contributed by atoms with Crippen LogP contribution in [0.2, 0.25) is 6.04 Å². The van der Waals surface area contributed by atoms with Gasteiger partial charge in [-0.05, 0) is 38.4 Å². The second-order valence-electron chi connectivity index (χ2n) is 3.97. The van der Waals surface area contributed by atoms with E-state index in [-0.39, 0.29) is 0 Å². The van der Waals surface area contributed by atoms with Crippen molar-refractivity contribution < 1.29 is 13.6 Å². The second kappa shape index (κ2) is 9.83. The van der Waals surface area contributed by atoms with Gasteiger partial charge in [-0.3, -0.25) is 0 Å². The van der Waals surface area contributed by atoms with Crippen LogP contribution in [0.4, 0.5) is 5.69 Å². The molecule has 0 heterocycles. The predicted molar refractivity (Wildman–Crippen MR) is 79.9 cm³/mol. The first-order valence-corrected chi connectivity index (χ1v) is 8.34. The SMILES string of the molecule is CCO[Si](CCCOc1cccc(NC)c1)OCC. The van der Waals surface area contributed by atoms with Crippen molar-refractivity contribution in [3.05, 3.63) is 24.3 Å². The number of ether oxygens (including phenoxy) is 1. The molecule has 5 heteroatoms. The fourth-order valence-electron chi connectivity index (χ4n) is 1.66. The van der Waals surface area contributed by atoms with Crippen LogP contribution in [0.5, 0.6) is 5.75 Å². The van der Waals surface area contributed by atoms with Crippen LogP contribution >= 0.6 is 0 Å². The van der Waals surface area contributed by atoms with Crippen molar-refractivity contribution in [3.8, 4) is 5.75 Å². The Labute approximate surface area is 117 Å². The predicted octanol–water partition coefficient (Wildman–Crippen LogP) is 3.06. The molecule has 0 aromatic heterocycles. The smallest absolute Gasteiger partial charge is 0.384 e. The van der Waals surface area contributed by atoms with Crippen LogP contribution in [0.3, 0.4) is 0 Å². The maximum atomic E-state index is 5.72. The maximum absolute atomic E-state index is 5.72. The number of hydrogen-bond donors (Lipinski definition) is 1. The van der Waals surface area contributed by atoms with Crippen LogP contribution in [0, 0.1) is 0 Å². The Bertz CT molecular complexity index is 343.